The van der Waals surface area contributed by atoms with E-state index in [1.807, 2.05) is 6.34 Å². The zero-order chi connectivity index (χ0) is 9.26. The third kappa shape index (κ3) is 1.64. The highest BCUT2D eigenvalue weighted by Gasteiger charge is 2.07. The van der Waals surface area contributed by atoms with E-state index in [4.69, 9.17) is 0 Å². The van der Waals surface area contributed by atoms with Gasteiger partial charge in [-0.05, 0) is 37.1 Å². The number of nitrogens with one attached hydrogen (secondary N) is 1. The Morgan fingerprint density at radius 1 is 1.23 bits per heavy atom. The van der Waals surface area contributed by atoms with E-state index in [0.717, 1.165) is 6.67 Å². The summed E-state index contributed by atoms with van der Waals surface area (Å²) in [7, 11) is 0. The molecule has 3 nitrogen and oxygen atoms in total. The van der Waals surface area contributed by atoms with Gasteiger partial charge in [-0.1, -0.05) is 6.07 Å². The highest BCUT2D eigenvalue weighted by atomic mass is 15.5. The first-order chi connectivity index (χ1) is 6.25. The summed E-state index contributed by atoms with van der Waals surface area (Å²) in [5.74, 6) is 0. The second-order valence-electron chi connectivity index (χ2n) is 3.38. The molecule has 1 N–H and O–H groups in total. The van der Waals surface area contributed by atoms with Crippen LogP contribution in [-0.4, -0.2) is 13.0 Å². The minimum atomic E-state index is 0.767. The van der Waals surface area contributed by atoms with Crippen molar-refractivity contribution in [1.29, 1.82) is 0 Å². The largest absolute Gasteiger partial charge is 0.311 e. The molecule has 0 bridgehead atoms. The topological polar surface area (TPSA) is 27.6 Å². The van der Waals surface area contributed by atoms with E-state index in [-0.39, 0.29) is 0 Å². The van der Waals surface area contributed by atoms with Gasteiger partial charge in [0.15, 0.2) is 0 Å². The van der Waals surface area contributed by atoms with Crippen molar-refractivity contribution in [2.75, 3.05) is 11.6 Å². The SMILES string of the molecule is Cc1cc(C)cc(N2C=NNC2)c1. The number of rotatable bonds is 1. The lowest BCUT2D eigenvalue weighted by molar-refractivity contribution is 0.807. The van der Waals surface area contributed by atoms with Gasteiger partial charge < -0.3 is 4.90 Å². The molecule has 0 aliphatic carbocycles. The molecular weight excluding hydrogens is 162 g/mol. The molecule has 1 aliphatic heterocycles. The molecule has 0 unspecified atom stereocenters. The average molecular weight is 175 g/mol. The number of hydrogen-bond acceptors (Lipinski definition) is 3. The molecule has 1 aromatic rings. The van der Waals surface area contributed by atoms with Gasteiger partial charge in [-0.15, -0.1) is 0 Å². The molecule has 0 spiro atoms. The molecule has 0 atom stereocenters. The van der Waals surface area contributed by atoms with Gasteiger partial charge in [0.2, 0.25) is 0 Å². The third-order valence-electron chi connectivity index (χ3n) is 2.07. The van der Waals surface area contributed by atoms with E-state index < -0.39 is 0 Å². The van der Waals surface area contributed by atoms with Crippen LogP contribution in [0.3, 0.4) is 0 Å². The minimum Gasteiger partial charge on any atom is -0.311 e. The Morgan fingerprint density at radius 3 is 2.46 bits per heavy atom. The summed E-state index contributed by atoms with van der Waals surface area (Å²) < 4.78 is 0. The van der Waals surface area contributed by atoms with E-state index in [1.165, 1.54) is 16.8 Å². The molecule has 1 heterocycles. The van der Waals surface area contributed by atoms with Crippen LogP contribution in [0.4, 0.5) is 5.69 Å². The Bertz CT molecular complexity index is 324. The van der Waals surface area contributed by atoms with Gasteiger partial charge in [0, 0.05) is 5.69 Å². The molecule has 1 aliphatic rings. The maximum absolute atomic E-state index is 3.95. The fraction of sp³-hybridized carbons (Fsp3) is 0.300. The molecule has 3 heteroatoms. The van der Waals surface area contributed by atoms with Crippen molar-refractivity contribution in [1.82, 2.24) is 5.43 Å². The zero-order valence-electron chi connectivity index (χ0n) is 7.91. The summed E-state index contributed by atoms with van der Waals surface area (Å²) in [4.78, 5) is 2.08. The van der Waals surface area contributed by atoms with Gasteiger partial charge in [-0.25, -0.2) is 0 Å². The van der Waals surface area contributed by atoms with Crippen LogP contribution in [0.2, 0.25) is 0 Å². The van der Waals surface area contributed by atoms with Crippen molar-refractivity contribution in [2.45, 2.75) is 13.8 Å². The normalized spacial score (nSPS) is 14.8. The standard InChI is InChI=1S/C10H13N3/c1-8-3-9(2)5-10(4-8)13-6-11-12-7-13/h3-6,12H,7H2,1-2H3. The van der Waals surface area contributed by atoms with Crippen LogP contribution in [0.5, 0.6) is 0 Å². The predicted molar refractivity (Wildman–Crippen MR) is 54.9 cm³/mol. The van der Waals surface area contributed by atoms with Crippen LogP contribution in [0.1, 0.15) is 11.1 Å². The van der Waals surface area contributed by atoms with Gasteiger partial charge in [-0.2, -0.15) is 5.10 Å². The minimum absolute atomic E-state index is 0.767. The van der Waals surface area contributed by atoms with E-state index in [0.29, 0.717) is 0 Å². The molecule has 0 radical (unpaired) electrons. The lowest BCUT2D eigenvalue weighted by Gasteiger charge is -2.14. The molecule has 0 amide bonds. The van der Waals surface area contributed by atoms with Crippen LogP contribution < -0.4 is 10.3 Å². The molecule has 1 aromatic carbocycles. The highest BCUT2D eigenvalue weighted by molar-refractivity contribution is 5.80. The average Bonchev–Trinajstić information content (AvgIpc) is 2.53. The Morgan fingerprint density at radius 2 is 1.92 bits per heavy atom. The summed E-state index contributed by atoms with van der Waals surface area (Å²) in [6, 6.07) is 6.49. The number of aryl methyl sites for hydroxylation is 2. The third-order valence-corrected chi connectivity index (χ3v) is 2.07. The molecule has 0 saturated carbocycles. The van der Waals surface area contributed by atoms with Crippen LogP contribution in [0.25, 0.3) is 0 Å². The van der Waals surface area contributed by atoms with Gasteiger partial charge >= 0.3 is 0 Å². The lowest BCUT2D eigenvalue weighted by atomic mass is 10.1. The molecule has 68 valence electrons. The van der Waals surface area contributed by atoms with Crippen molar-refractivity contribution >= 4 is 12.0 Å². The van der Waals surface area contributed by atoms with Crippen molar-refractivity contribution < 1.29 is 0 Å². The lowest BCUT2D eigenvalue weighted by Crippen LogP contribution is -2.22. The van der Waals surface area contributed by atoms with Gasteiger partial charge in [-0.3, -0.25) is 5.43 Å². The number of hydrogen-bond donors (Lipinski definition) is 1. The number of nitrogens with zero attached hydrogens (tertiary/aromatic N) is 2. The van der Waals surface area contributed by atoms with Crippen LogP contribution >= 0.6 is 0 Å². The molecular formula is C10H13N3. The molecule has 13 heavy (non-hydrogen) atoms. The van der Waals surface area contributed by atoms with E-state index in [9.17, 15) is 0 Å². The van der Waals surface area contributed by atoms with Gasteiger partial charge in [0.05, 0.1) is 0 Å². The Hall–Kier alpha value is -1.51. The second-order valence-corrected chi connectivity index (χ2v) is 3.38. The summed E-state index contributed by atoms with van der Waals surface area (Å²) in [5, 5.41) is 3.95. The van der Waals surface area contributed by atoms with Crippen molar-refractivity contribution in [3.8, 4) is 0 Å². The quantitative estimate of drug-likeness (QED) is 0.702. The van der Waals surface area contributed by atoms with E-state index in [1.54, 1.807) is 0 Å². The van der Waals surface area contributed by atoms with Crippen LogP contribution in [-0.2, 0) is 0 Å². The molecule has 0 saturated heterocycles. The fourth-order valence-electron chi connectivity index (χ4n) is 1.54. The monoisotopic (exact) mass is 175 g/mol. The summed E-state index contributed by atoms with van der Waals surface area (Å²) >= 11 is 0. The van der Waals surface area contributed by atoms with Crippen LogP contribution in [0, 0.1) is 13.8 Å². The number of benzene rings is 1. The molecule has 0 aromatic heterocycles. The fourth-order valence-corrected chi connectivity index (χ4v) is 1.54. The zero-order valence-corrected chi connectivity index (χ0v) is 7.91. The smallest absolute Gasteiger partial charge is 0.117 e. The predicted octanol–water partition coefficient (Wildman–Crippen LogP) is 1.61. The van der Waals surface area contributed by atoms with Crippen molar-refractivity contribution in [3.05, 3.63) is 29.3 Å². The second kappa shape index (κ2) is 3.09. The molecule has 2 rings (SSSR count). The van der Waals surface area contributed by atoms with E-state index in [2.05, 4.69) is 47.5 Å². The Labute approximate surface area is 78.1 Å². The maximum atomic E-state index is 3.95. The summed E-state index contributed by atoms with van der Waals surface area (Å²) in [6.07, 6.45) is 1.81. The van der Waals surface area contributed by atoms with Crippen LogP contribution in [0.15, 0.2) is 23.3 Å². The Kier molecular flexibility index (Phi) is 1.93. The first kappa shape index (κ1) is 8.10. The first-order valence-corrected chi connectivity index (χ1v) is 4.37. The van der Waals surface area contributed by atoms with Gasteiger partial charge in [0.25, 0.3) is 0 Å². The van der Waals surface area contributed by atoms with Crippen molar-refractivity contribution in [3.63, 3.8) is 0 Å². The Balaban J connectivity index is 2.34. The van der Waals surface area contributed by atoms with Crippen molar-refractivity contribution in [2.24, 2.45) is 5.10 Å². The molecule has 0 fully saturated rings. The van der Waals surface area contributed by atoms with E-state index >= 15 is 0 Å². The highest BCUT2D eigenvalue weighted by Crippen LogP contribution is 2.17. The number of hydrazone groups is 1. The maximum Gasteiger partial charge on any atom is 0.117 e. The van der Waals surface area contributed by atoms with Gasteiger partial charge in [0.1, 0.15) is 13.0 Å². The summed E-state index contributed by atoms with van der Waals surface area (Å²) in [6.45, 7) is 4.98. The number of anilines is 1. The first-order valence-electron chi connectivity index (χ1n) is 4.37. The summed E-state index contributed by atoms with van der Waals surface area (Å²) in [5.41, 5.74) is 6.68.